The van der Waals surface area contributed by atoms with Crippen molar-refractivity contribution < 1.29 is 23.7 Å². The van der Waals surface area contributed by atoms with Crippen molar-refractivity contribution >= 4 is 27.5 Å². The number of benzene rings is 6. The molecule has 0 heterocycles. The molecule has 0 fully saturated rings. The lowest BCUT2D eigenvalue weighted by atomic mass is 9.67. The monoisotopic (exact) mass is 566 g/mol. The van der Waals surface area contributed by atoms with E-state index >= 15 is 0 Å². The van der Waals surface area contributed by atoms with E-state index in [1.54, 1.807) is 7.11 Å². The largest absolute Gasteiger partial charge is 0.468 e. The first-order valence-electron chi connectivity index (χ1n) is 14.2. The summed E-state index contributed by atoms with van der Waals surface area (Å²) >= 11 is 0. The Hall–Kier alpha value is -5.13. The molecule has 6 aromatic carbocycles. The van der Waals surface area contributed by atoms with Crippen LogP contribution in [0, 0.1) is 0 Å². The molecule has 0 unspecified atom stereocenters. The van der Waals surface area contributed by atoms with Crippen LogP contribution in [-0.4, -0.2) is 26.7 Å². The van der Waals surface area contributed by atoms with Crippen LogP contribution in [0.15, 0.2) is 121 Å². The summed E-state index contributed by atoms with van der Waals surface area (Å²) in [4.78, 5) is 11.1. The lowest BCUT2D eigenvalue weighted by molar-refractivity contribution is -0.147. The van der Waals surface area contributed by atoms with Gasteiger partial charge >= 0.3 is 5.97 Å². The molecule has 0 radical (unpaired) electrons. The predicted molar refractivity (Wildman–Crippen MR) is 169 cm³/mol. The molecule has 0 saturated heterocycles. The van der Waals surface area contributed by atoms with Crippen molar-refractivity contribution in [3.8, 4) is 22.6 Å². The Morgan fingerprint density at radius 3 is 1.56 bits per heavy atom. The highest BCUT2D eigenvalue weighted by atomic mass is 16.7. The molecule has 1 aliphatic rings. The summed E-state index contributed by atoms with van der Waals surface area (Å²) in [7, 11) is 1.62. The predicted octanol–water partition coefficient (Wildman–Crippen LogP) is 8.24. The molecule has 5 nitrogen and oxygen atoms in total. The van der Waals surface area contributed by atoms with Crippen molar-refractivity contribution in [2.75, 3.05) is 20.7 Å². The van der Waals surface area contributed by atoms with Gasteiger partial charge in [-0.25, -0.2) is 0 Å². The highest BCUT2D eigenvalue weighted by Crippen LogP contribution is 2.56. The second-order valence-corrected chi connectivity index (χ2v) is 10.7. The minimum absolute atomic E-state index is 0.114. The van der Waals surface area contributed by atoms with Crippen LogP contribution in [0.4, 0.5) is 0 Å². The van der Waals surface area contributed by atoms with Crippen molar-refractivity contribution in [2.45, 2.75) is 12.3 Å². The van der Waals surface area contributed by atoms with E-state index in [9.17, 15) is 4.79 Å². The summed E-state index contributed by atoms with van der Waals surface area (Å²) in [6, 6.07) is 43.0. The fourth-order valence-corrected chi connectivity index (χ4v) is 6.42. The lowest BCUT2D eigenvalue weighted by Crippen LogP contribution is -2.28. The summed E-state index contributed by atoms with van der Waals surface area (Å²) in [6.45, 7) is 1.46. The molecule has 0 N–H and O–H groups in total. The van der Waals surface area contributed by atoms with Gasteiger partial charge < -0.3 is 18.9 Å². The smallest absolute Gasteiger partial charge is 0.305 e. The van der Waals surface area contributed by atoms with Crippen LogP contribution >= 0.6 is 0 Å². The number of carbonyl (C=O) groups excluding carboxylic acids is 1. The molecule has 43 heavy (non-hydrogen) atoms. The van der Waals surface area contributed by atoms with Crippen molar-refractivity contribution in [3.63, 3.8) is 0 Å². The van der Waals surface area contributed by atoms with Crippen molar-refractivity contribution in [1.29, 1.82) is 0 Å². The van der Waals surface area contributed by atoms with Gasteiger partial charge in [-0.05, 0) is 91.3 Å². The number of fused-ring (bicyclic) bond motifs is 5. The summed E-state index contributed by atoms with van der Waals surface area (Å²) < 4.78 is 21.4. The van der Waals surface area contributed by atoms with Gasteiger partial charge in [0.25, 0.3) is 0 Å². The third kappa shape index (κ3) is 4.59. The summed E-state index contributed by atoms with van der Waals surface area (Å²) in [5, 5.41) is 4.38. The molecule has 1 aliphatic carbocycles. The Morgan fingerprint density at radius 1 is 0.581 bits per heavy atom. The van der Waals surface area contributed by atoms with E-state index < -0.39 is 5.41 Å². The van der Waals surface area contributed by atoms with Crippen LogP contribution in [0.3, 0.4) is 0 Å². The van der Waals surface area contributed by atoms with E-state index in [0.29, 0.717) is 5.75 Å². The maximum absolute atomic E-state index is 11.1. The number of hydrogen-bond donors (Lipinski definition) is 0. The SMILES string of the molecule is COCOc1ccc2cc(C3(c4ccc5cc(OCOC(C)=O)ccc5c4)c4ccccc4-c4ccccc43)ccc2c1. The number of carbonyl (C=O) groups is 1. The molecule has 212 valence electrons. The quantitative estimate of drug-likeness (QED) is 0.137. The standard InChI is InChI=1S/C38H30O5/c1-25(39)41-24-43-33-18-14-27-20-31(16-12-29(27)22-33)38(36-9-5-3-7-34(36)35-8-4-6-10-37(35)38)30-15-11-28-21-32(42-23-40-2)17-13-26(28)19-30/h3-22H,23-24H2,1-2H3. The van der Waals surface area contributed by atoms with E-state index in [-0.39, 0.29) is 19.6 Å². The van der Waals surface area contributed by atoms with Gasteiger partial charge in [0.15, 0.2) is 6.79 Å². The Balaban J connectivity index is 1.41. The highest BCUT2D eigenvalue weighted by molar-refractivity contribution is 5.92. The van der Waals surface area contributed by atoms with E-state index in [4.69, 9.17) is 18.9 Å². The fourth-order valence-electron chi connectivity index (χ4n) is 6.42. The van der Waals surface area contributed by atoms with Crippen molar-refractivity contribution in [1.82, 2.24) is 0 Å². The third-order valence-corrected chi connectivity index (χ3v) is 8.27. The van der Waals surface area contributed by atoms with Gasteiger partial charge in [-0.2, -0.15) is 0 Å². The lowest BCUT2D eigenvalue weighted by Gasteiger charge is -2.34. The second-order valence-electron chi connectivity index (χ2n) is 10.7. The topological polar surface area (TPSA) is 54.0 Å². The molecule has 0 bridgehead atoms. The first-order chi connectivity index (χ1) is 21.1. The molecule has 6 aromatic rings. The fraction of sp³-hybridized carbons (Fsp3) is 0.132. The van der Waals surface area contributed by atoms with E-state index in [1.165, 1.54) is 40.3 Å². The van der Waals surface area contributed by atoms with Gasteiger partial charge in [0, 0.05) is 14.0 Å². The Kier molecular flexibility index (Phi) is 6.80. The molecule has 0 amide bonds. The summed E-state index contributed by atoms with van der Waals surface area (Å²) in [5.41, 5.74) is 6.87. The normalized spacial score (nSPS) is 13.0. The highest BCUT2D eigenvalue weighted by Gasteiger charge is 2.46. The van der Waals surface area contributed by atoms with Gasteiger partial charge in [0.2, 0.25) is 6.79 Å². The van der Waals surface area contributed by atoms with Crippen LogP contribution in [0.5, 0.6) is 11.5 Å². The number of hydrogen-bond acceptors (Lipinski definition) is 5. The third-order valence-electron chi connectivity index (χ3n) is 8.27. The summed E-state index contributed by atoms with van der Waals surface area (Å²) in [5.74, 6) is 1.05. The molecule has 0 saturated carbocycles. The van der Waals surface area contributed by atoms with E-state index in [2.05, 4.69) is 103 Å². The molecule has 5 heteroatoms. The van der Waals surface area contributed by atoms with E-state index in [0.717, 1.165) is 27.3 Å². The van der Waals surface area contributed by atoms with Crippen LogP contribution in [-0.2, 0) is 19.7 Å². The van der Waals surface area contributed by atoms with E-state index in [1.807, 2.05) is 18.2 Å². The Morgan fingerprint density at radius 2 is 1.05 bits per heavy atom. The first-order valence-corrected chi connectivity index (χ1v) is 14.2. The number of methoxy groups -OCH3 is 1. The van der Waals surface area contributed by atoms with Gasteiger partial charge in [-0.15, -0.1) is 0 Å². The molecule has 0 atom stereocenters. The zero-order valence-corrected chi connectivity index (χ0v) is 24.0. The number of esters is 1. The molecule has 0 aromatic heterocycles. The number of ether oxygens (including phenoxy) is 4. The Bertz CT molecular complexity index is 1950. The second kappa shape index (κ2) is 10.9. The molecular formula is C38H30O5. The first kappa shape index (κ1) is 26.7. The van der Waals surface area contributed by atoms with Crippen LogP contribution in [0.2, 0.25) is 0 Å². The minimum atomic E-state index is -0.523. The maximum Gasteiger partial charge on any atom is 0.305 e. The molecule has 0 spiro atoms. The average Bonchev–Trinajstić information content (AvgIpc) is 3.34. The zero-order chi connectivity index (χ0) is 29.4. The molecule has 0 aliphatic heterocycles. The van der Waals surface area contributed by atoms with Gasteiger partial charge in [0.05, 0.1) is 5.41 Å². The van der Waals surface area contributed by atoms with Crippen molar-refractivity contribution in [2.24, 2.45) is 0 Å². The van der Waals surface area contributed by atoms with Crippen molar-refractivity contribution in [3.05, 3.63) is 144 Å². The zero-order valence-electron chi connectivity index (χ0n) is 24.0. The number of rotatable bonds is 8. The van der Waals surface area contributed by atoms with Crippen LogP contribution < -0.4 is 9.47 Å². The molecule has 7 rings (SSSR count). The molecular weight excluding hydrogens is 536 g/mol. The Labute approximate surface area is 250 Å². The van der Waals surface area contributed by atoms with Crippen LogP contribution in [0.1, 0.15) is 29.2 Å². The maximum atomic E-state index is 11.1. The van der Waals surface area contributed by atoms with Gasteiger partial charge in [0.1, 0.15) is 11.5 Å². The van der Waals surface area contributed by atoms with Gasteiger partial charge in [-0.1, -0.05) is 84.9 Å². The minimum Gasteiger partial charge on any atom is -0.468 e. The summed E-state index contributed by atoms with van der Waals surface area (Å²) in [6.07, 6.45) is 0. The average molecular weight is 567 g/mol. The van der Waals surface area contributed by atoms with Gasteiger partial charge in [-0.3, -0.25) is 4.79 Å². The van der Waals surface area contributed by atoms with Crippen LogP contribution in [0.25, 0.3) is 32.7 Å².